The lowest BCUT2D eigenvalue weighted by atomic mass is 9.89. The number of ketones is 2. The zero-order valence-electron chi connectivity index (χ0n) is 40.7. The van der Waals surface area contributed by atoms with Crippen molar-refractivity contribution in [2.24, 2.45) is 11.7 Å². The summed E-state index contributed by atoms with van der Waals surface area (Å²) in [6.45, 7) is -0.501. The average Bonchev–Trinajstić information content (AvgIpc) is 3.34. The Kier molecular flexibility index (Phi) is 28.9. The van der Waals surface area contributed by atoms with Crippen molar-refractivity contribution in [2.75, 3.05) is 12.3 Å². The normalized spacial score (nSPS) is 13.7. The Balaban J connectivity index is 1.95. The molecule has 0 fully saturated rings. The minimum absolute atomic E-state index is 0.0807. The number of Topliss-reactive ketones (excluding diaryl/α,β-unsaturated/α-hetero) is 2. The van der Waals surface area contributed by atoms with Crippen molar-refractivity contribution in [1.29, 1.82) is 0 Å². The van der Waals surface area contributed by atoms with Gasteiger partial charge in [0, 0.05) is 50.3 Å². The molecule has 0 radical (unpaired) electrons. The number of carbonyl (C=O) groups is 12. The Morgan fingerprint density at radius 2 is 0.986 bits per heavy atom. The number of amides is 6. The number of thiol groups is 1. The van der Waals surface area contributed by atoms with Crippen molar-refractivity contribution >= 4 is 83.7 Å². The summed E-state index contributed by atoms with van der Waals surface area (Å²) in [5.41, 5.74) is 7.48. The second-order valence-electron chi connectivity index (χ2n) is 17.5. The van der Waals surface area contributed by atoms with Crippen molar-refractivity contribution in [2.45, 2.75) is 139 Å². The van der Waals surface area contributed by atoms with Crippen LogP contribution in [-0.2, 0) is 65.6 Å². The first kappa shape index (κ1) is 62.7. The fraction of sp³-hybridized carbons (Fsp3) is 0.510. The first-order valence-electron chi connectivity index (χ1n) is 24.0. The molecule has 6 amide bonds. The second kappa shape index (κ2) is 34.1. The van der Waals surface area contributed by atoms with E-state index in [1.807, 2.05) is 5.32 Å². The van der Waals surface area contributed by atoms with Crippen molar-refractivity contribution in [3.8, 4) is 0 Å². The van der Waals surface area contributed by atoms with E-state index in [4.69, 9.17) is 10.8 Å². The lowest BCUT2D eigenvalue weighted by Gasteiger charge is -2.23. The molecule has 2 rings (SSSR count). The van der Waals surface area contributed by atoms with E-state index >= 15 is 0 Å². The van der Waals surface area contributed by atoms with Gasteiger partial charge in [0.2, 0.25) is 23.6 Å². The Morgan fingerprint density at radius 1 is 0.486 bits per heavy atom. The zero-order valence-corrected chi connectivity index (χ0v) is 41.6. The summed E-state index contributed by atoms with van der Waals surface area (Å²) in [5, 5.41) is 59.9. The molecule has 13 N–H and O–H groups in total. The van der Waals surface area contributed by atoms with Crippen LogP contribution in [0.3, 0.4) is 0 Å². The van der Waals surface area contributed by atoms with E-state index in [-0.39, 0.29) is 56.5 Å². The van der Waals surface area contributed by atoms with Crippen molar-refractivity contribution in [1.82, 2.24) is 31.9 Å². The summed E-state index contributed by atoms with van der Waals surface area (Å²) >= 11 is 3.85. The molecule has 0 aliphatic rings. The number of aliphatic carboxylic acids is 5. The molecule has 24 nitrogen and oxygen atoms in total. The van der Waals surface area contributed by atoms with Crippen molar-refractivity contribution in [3.05, 3.63) is 71.8 Å². The maximum absolute atomic E-state index is 14.1. The quantitative estimate of drug-likeness (QED) is 0.0329. The minimum atomic E-state index is -1.72. The Labute approximate surface area is 432 Å². The summed E-state index contributed by atoms with van der Waals surface area (Å²) in [7, 11) is 0. The van der Waals surface area contributed by atoms with Crippen LogP contribution in [-0.4, -0.2) is 145 Å². The summed E-state index contributed by atoms with van der Waals surface area (Å²) in [4.78, 5) is 148. The Morgan fingerprint density at radius 3 is 1.50 bits per heavy atom. The third-order valence-corrected chi connectivity index (χ3v) is 11.8. The van der Waals surface area contributed by atoms with E-state index in [0.29, 0.717) is 31.2 Å². The Bertz CT molecular complexity index is 2240. The minimum Gasteiger partial charge on any atom is -0.481 e. The van der Waals surface area contributed by atoms with Gasteiger partial charge in [-0.2, -0.15) is 12.6 Å². The van der Waals surface area contributed by atoms with Gasteiger partial charge in [0.25, 0.3) is 0 Å². The van der Waals surface area contributed by atoms with E-state index in [2.05, 4.69) is 39.2 Å². The van der Waals surface area contributed by atoms with Gasteiger partial charge >= 0.3 is 35.9 Å². The molecule has 406 valence electrons. The number of benzene rings is 2. The third kappa shape index (κ3) is 25.8. The highest BCUT2D eigenvalue weighted by Gasteiger charge is 2.32. The van der Waals surface area contributed by atoms with Gasteiger partial charge in [0.1, 0.15) is 36.0 Å². The molecule has 2 aromatic rings. The third-order valence-electron chi connectivity index (χ3n) is 11.5. The number of urea groups is 1. The Hall–Kier alpha value is -7.41. The lowest BCUT2D eigenvalue weighted by Crippen LogP contribution is -2.57. The second-order valence-corrected chi connectivity index (χ2v) is 17.9. The molecule has 0 saturated carbocycles. The predicted molar refractivity (Wildman–Crippen MR) is 266 cm³/mol. The molecule has 0 saturated heterocycles. The van der Waals surface area contributed by atoms with Gasteiger partial charge in [0.05, 0.1) is 12.5 Å². The summed E-state index contributed by atoms with van der Waals surface area (Å²) in [5.74, 6) is -12.4. The van der Waals surface area contributed by atoms with E-state index < -0.39 is 133 Å². The fourth-order valence-corrected chi connectivity index (χ4v) is 7.60. The van der Waals surface area contributed by atoms with E-state index in [9.17, 15) is 78.0 Å². The molecule has 0 aromatic heterocycles. The molecule has 0 unspecified atom stereocenters. The summed E-state index contributed by atoms with van der Waals surface area (Å²) in [6, 6.07) is 7.76. The molecule has 0 bridgehead atoms. The maximum Gasteiger partial charge on any atom is 0.327 e. The number of rotatable bonds is 38. The van der Waals surface area contributed by atoms with Crippen molar-refractivity contribution < 1.29 is 83.1 Å². The predicted octanol–water partition coefficient (Wildman–Crippen LogP) is 0.975. The van der Waals surface area contributed by atoms with Crippen LogP contribution < -0.4 is 37.6 Å². The molecule has 74 heavy (non-hydrogen) atoms. The molecule has 0 spiro atoms. The molecule has 0 aliphatic carbocycles. The number of nitrogens with two attached hydrogens (primary N) is 1. The number of unbranched alkanes of at least 4 members (excludes halogenated alkanes) is 5. The number of carboxylic acids is 5. The fourth-order valence-electron chi connectivity index (χ4n) is 7.36. The van der Waals surface area contributed by atoms with Gasteiger partial charge in [0.15, 0.2) is 5.78 Å². The number of carbonyl (C=O) groups excluding carboxylic acids is 7. The van der Waals surface area contributed by atoms with Gasteiger partial charge in [-0.3, -0.25) is 38.4 Å². The molecule has 2 aromatic carbocycles. The number of hydrogen-bond donors (Lipinski definition) is 13. The smallest absolute Gasteiger partial charge is 0.327 e. The van der Waals surface area contributed by atoms with Crippen LogP contribution >= 0.6 is 12.6 Å². The van der Waals surface area contributed by atoms with E-state index in [0.717, 1.165) is 18.4 Å². The van der Waals surface area contributed by atoms with Gasteiger partial charge in [-0.25, -0.2) is 19.2 Å². The van der Waals surface area contributed by atoms with Crippen LogP contribution in [0.5, 0.6) is 0 Å². The summed E-state index contributed by atoms with van der Waals surface area (Å²) < 4.78 is 0. The van der Waals surface area contributed by atoms with Crippen LogP contribution in [0.4, 0.5) is 4.79 Å². The van der Waals surface area contributed by atoms with Gasteiger partial charge < -0.3 is 63.2 Å². The van der Waals surface area contributed by atoms with Crippen LogP contribution in [0.15, 0.2) is 60.7 Å². The van der Waals surface area contributed by atoms with Crippen LogP contribution in [0.25, 0.3) is 0 Å². The number of hydrogen-bond acceptors (Lipinski definition) is 14. The SMILES string of the molecule is N[C@@H](CNC(=O)[C@@H](CC(=O)[C@H](Cc1ccccc1)NC(=O)CCCCCCCCC(=O)CC[C@H](NC(=O)N[C@@H](CCC(=O)O)C(=O)O)C(=O)O)Cc1ccccc1)C(=O)N[C@@H](CC(=O)O)C(=O)N[C@@H](CS)C(=O)O. The van der Waals surface area contributed by atoms with Crippen LogP contribution in [0, 0.1) is 5.92 Å². The van der Waals surface area contributed by atoms with E-state index in [1.54, 1.807) is 60.7 Å². The van der Waals surface area contributed by atoms with Gasteiger partial charge in [-0.05, 0) is 49.7 Å². The molecule has 0 aliphatic heterocycles. The lowest BCUT2D eigenvalue weighted by molar-refractivity contribution is -0.143. The van der Waals surface area contributed by atoms with E-state index in [1.165, 1.54) is 0 Å². The highest BCUT2D eigenvalue weighted by atomic mass is 32.1. The molecular formula is C49H67N7O17S. The number of carboxylic acid groups (broad SMARTS) is 5. The first-order chi connectivity index (χ1) is 35.1. The monoisotopic (exact) mass is 1060 g/mol. The average molecular weight is 1060 g/mol. The largest absolute Gasteiger partial charge is 0.481 e. The molecule has 25 heteroatoms. The summed E-state index contributed by atoms with van der Waals surface area (Å²) in [6.07, 6.45) is 1.56. The van der Waals surface area contributed by atoms with Crippen LogP contribution in [0.2, 0.25) is 0 Å². The maximum atomic E-state index is 14.1. The zero-order chi connectivity index (χ0) is 55.2. The topological polar surface area (TPSA) is 404 Å². The van der Waals surface area contributed by atoms with Gasteiger partial charge in [-0.15, -0.1) is 0 Å². The molecule has 7 atom stereocenters. The highest BCUT2D eigenvalue weighted by Crippen LogP contribution is 2.18. The molecule has 0 heterocycles. The van der Waals surface area contributed by atoms with Crippen LogP contribution in [0.1, 0.15) is 101 Å². The van der Waals surface area contributed by atoms with Crippen molar-refractivity contribution in [3.63, 3.8) is 0 Å². The molecular weight excluding hydrogens is 991 g/mol. The highest BCUT2D eigenvalue weighted by molar-refractivity contribution is 7.80. The first-order valence-corrected chi connectivity index (χ1v) is 24.6. The number of nitrogens with one attached hydrogen (secondary N) is 6. The van der Waals surface area contributed by atoms with Gasteiger partial charge in [-0.1, -0.05) is 86.3 Å². The standard InChI is InChI=1S/C49H67N7O17S/c50-33(44(65)53-37(26-42(62)63)45(66)54-38(28-74)48(71)72)27-51-43(64)31(23-29-13-7-5-8-14-29)25-39(58)36(24-30-15-9-6-10-16-30)52-40(59)18-12-4-2-1-3-11-17-32(57)19-20-34(46(67)68)55-49(73)56-35(47(69)70)21-22-41(60)61/h5-10,13-16,31,33-38,74H,1-4,11-12,17-28,50H2,(H,51,64)(H,52,59)(H,53,65)(H,54,66)(H,60,61)(H,62,63)(H,67,68)(H,69,70)(H,71,72)(H2,55,56,73)/t31-,33+,34+,35+,36+,37+,38+/m1/s1.